The van der Waals surface area contributed by atoms with Crippen LogP contribution in [0.25, 0.3) is 22.2 Å². The van der Waals surface area contributed by atoms with E-state index >= 15 is 0 Å². The van der Waals surface area contributed by atoms with E-state index in [2.05, 4.69) is 10.3 Å². The quantitative estimate of drug-likeness (QED) is 0.564. The van der Waals surface area contributed by atoms with E-state index in [1.807, 2.05) is 18.2 Å². The first kappa shape index (κ1) is 16.0. The van der Waals surface area contributed by atoms with E-state index in [1.54, 1.807) is 0 Å². The van der Waals surface area contributed by atoms with Crippen molar-refractivity contribution < 1.29 is 18.0 Å². The van der Waals surface area contributed by atoms with Crippen molar-refractivity contribution in [3.63, 3.8) is 0 Å². The second-order valence-corrected chi connectivity index (χ2v) is 6.49. The number of aromatic amines is 1. The molecule has 1 aromatic heterocycles. The van der Waals surface area contributed by atoms with E-state index in [-0.39, 0.29) is 12.3 Å². The minimum atomic E-state index is -4.46. The molecule has 1 aliphatic rings. The van der Waals surface area contributed by atoms with Crippen molar-refractivity contribution in [1.29, 1.82) is 0 Å². The molecule has 0 unspecified atom stereocenters. The van der Waals surface area contributed by atoms with Crippen LogP contribution in [0.5, 0.6) is 0 Å². The molecule has 1 aliphatic heterocycles. The summed E-state index contributed by atoms with van der Waals surface area (Å²) in [6, 6.07) is 8.78. The molecule has 0 radical (unpaired) electrons. The fraction of sp³-hybridized carbons (Fsp3) is 0.118. The molecule has 25 heavy (non-hydrogen) atoms. The summed E-state index contributed by atoms with van der Waals surface area (Å²) in [5.74, 6) is -0.272. The van der Waals surface area contributed by atoms with Crippen LogP contribution in [0.15, 0.2) is 41.3 Å². The molecule has 0 saturated heterocycles. The van der Waals surface area contributed by atoms with Crippen LogP contribution in [0.4, 0.5) is 18.9 Å². The molecule has 4 rings (SSSR count). The highest BCUT2D eigenvalue weighted by Gasteiger charge is 2.32. The largest absolute Gasteiger partial charge is 0.416 e. The van der Waals surface area contributed by atoms with Crippen LogP contribution >= 0.6 is 11.9 Å². The molecule has 2 heterocycles. The first-order valence-electron chi connectivity index (χ1n) is 7.39. The van der Waals surface area contributed by atoms with Gasteiger partial charge in [-0.1, -0.05) is 0 Å². The molecule has 0 aliphatic carbocycles. The number of nitrogens with one attached hydrogen (secondary N) is 2. The summed E-state index contributed by atoms with van der Waals surface area (Å²) in [5.41, 5.74) is 1.87. The first-order valence-corrected chi connectivity index (χ1v) is 8.27. The lowest BCUT2D eigenvalue weighted by molar-refractivity contribution is -0.137. The fourth-order valence-electron chi connectivity index (χ4n) is 3.11. The molecule has 0 atom stereocenters. The molecule has 0 spiro atoms. The molecule has 128 valence electrons. The number of carbonyl (C=O) groups is 1. The van der Waals surface area contributed by atoms with Gasteiger partial charge in [0.1, 0.15) is 0 Å². The number of hydrogen-bond acceptors (Lipinski definition) is 3. The zero-order chi connectivity index (χ0) is 17.8. The minimum Gasteiger partial charge on any atom is -0.354 e. The normalized spacial score (nSPS) is 14.0. The standard InChI is InChI=1S/C17H12F3N3OS/c18-17(19,20)8-1-3-14-12(5-8)16-11(7-15(24)22-14)10-6-9(25-21)2-4-13(10)23-16/h1-6,23H,7,21H2,(H,22,24). The number of nitrogens with two attached hydrogens (primary N) is 1. The molecular formula is C17H12F3N3OS. The molecule has 4 N–H and O–H groups in total. The van der Waals surface area contributed by atoms with Crippen LogP contribution in [-0.2, 0) is 17.4 Å². The molecule has 3 aromatic rings. The summed E-state index contributed by atoms with van der Waals surface area (Å²) in [5, 5.41) is 9.04. The highest BCUT2D eigenvalue weighted by atomic mass is 32.2. The van der Waals surface area contributed by atoms with Gasteiger partial charge in [-0.2, -0.15) is 13.2 Å². The third-order valence-corrected chi connectivity index (χ3v) is 4.77. The summed E-state index contributed by atoms with van der Waals surface area (Å²) in [6.45, 7) is 0. The van der Waals surface area contributed by atoms with Crippen molar-refractivity contribution in [1.82, 2.24) is 4.98 Å². The van der Waals surface area contributed by atoms with Gasteiger partial charge >= 0.3 is 6.18 Å². The highest BCUT2D eigenvalue weighted by molar-refractivity contribution is 7.97. The number of carbonyl (C=O) groups excluding carboxylic acids is 1. The lowest BCUT2D eigenvalue weighted by Crippen LogP contribution is -2.13. The van der Waals surface area contributed by atoms with Crippen LogP contribution in [0.2, 0.25) is 0 Å². The zero-order valence-corrected chi connectivity index (χ0v) is 13.5. The molecule has 4 nitrogen and oxygen atoms in total. The second-order valence-electron chi connectivity index (χ2n) is 5.79. The average Bonchev–Trinajstić information content (AvgIpc) is 2.84. The molecule has 1 amide bonds. The number of H-pyrrole nitrogens is 1. The molecule has 8 heteroatoms. The van der Waals surface area contributed by atoms with E-state index in [0.717, 1.165) is 39.9 Å². The number of anilines is 1. The summed E-state index contributed by atoms with van der Waals surface area (Å²) < 4.78 is 39.3. The average molecular weight is 363 g/mol. The Hall–Kier alpha value is -2.45. The maximum Gasteiger partial charge on any atom is 0.416 e. The Morgan fingerprint density at radius 3 is 2.64 bits per heavy atom. The van der Waals surface area contributed by atoms with Crippen molar-refractivity contribution in [2.24, 2.45) is 5.14 Å². The maximum atomic E-state index is 13.1. The fourth-order valence-corrected chi connectivity index (χ4v) is 3.44. The Kier molecular flexibility index (Phi) is 3.55. The van der Waals surface area contributed by atoms with E-state index in [9.17, 15) is 18.0 Å². The predicted octanol–water partition coefficient (Wildman–Crippen LogP) is 4.31. The Morgan fingerprint density at radius 2 is 1.92 bits per heavy atom. The van der Waals surface area contributed by atoms with E-state index in [0.29, 0.717) is 22.5 Å². The van der Waals surface area contributed by atoms with Gasteiger partial charge in [-0.25, -0.2) is 0 Å². The number of halogens is 3. The van der Waals surface area contributed by atoms with E-state index in [4.69, 9.17) is 5.14 Å². The number of hydrogen-bond donors (Lipinski definition) is 3. The van der Waals surface area contributed by atoms with Gasteiger partial charge in [-0.3, -0.25) is 9.93 Å². The number of fused-ring (bicyclic) bond motifs is 5. The number of rotatable bonds is 1. The smallest absolute Gasteiger partial charge is 0.354 e. The molecular weight excluding hydrogens is 351 g/mol. The SMILES string of the molecule is NSc1ccc2[nH]c3c(c2c1)CC(=O)Nc1ccc(C(F)(F)F)cc1-3. The van der Waals surface area contributed by atoms with Gasteiger partial charge in [0.15, 0.2) is 0 Å². The van der Waals surface area contributed by atoms with Gasteiger partial charge in [0, 0.05) is 21.4 Å². The van der Waals surface area contributed by atoms with Crippen LogP contribution in [0.1, 0.15) is 11.1 Å². The van der Waals surface area contributed by atoms with Crippen molar-refractivity contribution in [3.8, 4) is 11.3 Å². The number of alkyl halides is 3. The maximum absolute atomic E-state index is 13.1. The lowest BCUT2D eigenvalue weighted by Gasteiger charge is -2.12. The Bertz CT molecular complexity index is 1010. The Balaban J connectivity index is 2.01. The van der Waals surface area contributed by atoms with Crippen LogP contribution in [0, 0.1) is 0 Å². The third kappa shape index (κ3) is 2.67. The van der Waals surface area contributed by atoms with Crippen molar-refractivity contribution in [2.45, 2.75) is 17.5 Å². The predicted molar refractivity (Wildman–Crippen MR) is 91.1 cm³/mol. The topological polar surface area (TPSA) is 70.9 Å². The first-order chi connectivity index (χ1) is 11.9. The van der Waals surface area contributed by atoms with Crippen LogP contribution in [0.3, 0.4) is 0 Å². The van der Waals surface area contributed by atoms with Crippen LogP contribution < -0.4 is 10.5 Å². The monoisotopic (exact) mass is 363 g/mol. The van der Waals surface area contributed by atoms with E-state index < -0.39 is 11.7 Å². The Morgan fingerprint density at radius 1 is 1.12 bits per heavy atom. The molecule has 0 fully saturated rings. The number of aromatic nitrogens is 1. The Labute approximate surface area is 144 Å². The summed E-state index contributed by atoms with van der Waals surface area (Å²) in [7, 11) is 0. The minimum absolute atomic E-state index is 0.0735. The van der Waals surface area contributed by atoms with Gasteiger partial charge in [-0.15, -0.1) is 0 Å². The third-order valence-electron chi connectivity index (χ3n) is 4.24. The van der Waals surface area contributed by atoms with Crippen molar-refractivity contribution >= 4 is 34.4 Å². The van der Waals surface area contributed by atoms with Crippen LogP contribution in [-0.4, -0.2) is 10.9 Å². The summed E-state index contributed by atoms with van der Waals surface area (Å²) in [4.78, 5) is 16.2. The zero-order valence-electron chi connectivity index (χ0n) is 12.7. The van der Waals surface area contributed by atoms with Gasteiger partial charge in [0.25, 0.3) is 0 Å². The van der Waals surface area contributed by atoms with Crippen molar-refractivity contribution in [3.05, 3.63) is 47.5 Å². The highest BCUT2D eigenvalue weighted by Crippen LogP contribution is 2.41. The summed E-state index contributed by atoms with van der Waals surface area (Å²) in [6.07, 6.45) is -4.38. The molecule has 0 saturated carbocycles. The van der Waals surface area contributed by atoms with E-state index in [1.165, 1.54) is 6.07 Å². The molecule has 0 bridgehead atoms. The van der Waals surface area contributed by atoms with Gasteiger partial charge in [0.05, 0.1) is 23.4 Å². The summed E-state index contributed by atoms with van der Waals surface area (Å²) >= 11 is 1.07. The lowest BCUT2D eigenvalue weighted by atomic mass is 10.0. The number of amides is 1. The second kappa shape index (κ2) is 5.53. The van der Waals surface area contributed by atoms with Gasteiger partial charge in [-0.05, 0) is 53.9 Å². The number of benzene rings is 2. The molecule has 2 aromatic carbocycles. The van der Waals surface area contributed by atoms with Gasteiger partial charge in [0.2, 0.25) is 5.91 Å². The van der Waals surface area contributed by atoms with Crippen molar-refractivity contribution in [2.75, 3.05) is 5.32 Å². The van der Waals surface area contributed by atoms with Gasteiger partial charge < -0.3 is 10.3 Å².